The summed E-state index contributed by atoms with van der Waals surface area (Å²) in [7, 11) is 0. The molecule has 0 heteroatoms. The van der Waals surface area contributed by atoms with Crippen molar-refractivity contribution >= 4 is 12.2 Å². The summed E-state index contributed by atoms with van der Waals surface area (Å²) in [5.41, 5.74) is 8.71. The summed E-state index contributed by atoms with van der Waals surface area (Å²) in [5, 5.41) is 0. The molecule has 0 aliphatic heterocycles. The van der Waals surface area contributed by atoms with E-state index in [9.17, 15) is 0 Å². The Bertz CT molecular complexity index is 666. The second-order valence-corrected chi connectivity index (χ2v) is 5.54. The van der Waals surface area contributed by atoms with Gasteiger partial charge >= 0.3 is 0 Å². The standard InChI is InChI=1S/C18H16/c1-11-3-5-13-8-10-16-12(2)4-6-14-7-9-15(11)17(13)18(14)16/h3-10,13,17H,1-2H3. The first-order chi connectivity index (χ1) is 8.75. The molecule has 0 amide bonds. The number of aryl methyl sites for hydroxylation is 1. The summed E-state index contributed by atoms with van der Waals surface area (Å²) < 4.78 is 0. The fourth-order valence-corrected chi connectivity index (χ4v) is 3.54. The van der Waals surface area contributed by atoms with Crippen molar-refractivity contribution in [1.82, 2.24) is 0 Å². The van der Waals surface area contributed by atoms with Crippen molar-refractivity contribution in [1.29, 1.82) is 0 Å². The van der Waals surface area contributed by atoms with Crippen molar-refractivity contribution in [3.63, 3.8) is 0 Å². The average molecular weight is 232 g/mol. The van der Waals surface area contributed by atoms with Gasteiger partial charge in [0, 0.05) is 11.8 Å². The van der Waals surface area contributed by atoms with Crippen LogP contribution in [0.2, 0.25) is 0 Å². The van der Waals surface area contributed by atoms with Crippen LogP contribution in [0.5, 0.6) is 0 Å². The number of allylic oxidation sites excluding steroid dienone is 6. The van der Waals surface area contributed by atoms with Crippen molar-refractivity contribution in [2.75, 3.05) is 0 Å². The lowest BCUT2D eigenvalue weighted by Crippen LogP contribution is -2.22. The average Bonchev–Trinajstić information content (AvgIpc) is 2.40. The minimum atomic E-state index is 0.543. The number of benzene rings is 1. The van der Waals surface area contributed by atoms with E-state index in [0.717, 1.165) is 0 Å². The third kappa shape index (κ3) is 1.16. The zero-order valence-electron chi connectivity index (χ0n) is 10.8. The first kappa shape index (κ1) is 10.1. The van der Waals surface area contributed by atoms with Gasteiger partial charge in [-0.1, -0.05) is 48.6 Å². The smallest absolute Gasteiger partial charge is 0.0202 e. The van der Waals surface area contributed by atoms with E-state index in [-0.39, 0.29) is 0 Å². The fraction of sp³-hybridized carbons (Fsp3) is 0.222. The van der Waals surface area contributed by atoms with E-state index in [1.165, 1.54) is 27.8 Å². The molecular formula is C18H16. The molecule has 3 aliphatic carbocycles. The molecule has 0 N–H and O–H groups in total. The highest BCUT2D eigenvalue weighted by Gasteiger charge is 2.33. The van der Waals surface area contributed by atoms with Gasteiger partial charge in [-0.05, 0) is 47.2 Å². The van der Waals surface area contributed by atoms with Gasteiger partial charge < -0.3 is 0 Å². The van der Waals surface area contributed by atoms with Crippen LogP contribution in [-0.4, -0.2) is 0 Å². The predicted molar refractivity (Wildman–Crippen MR) is 77.3 cm³/mol. The van der Waals surface area contributed by atoms with Crippen LogP contribution in [0.15, 0.2) is 47.6 Å². The van der Waals surface area contributed by atoms with Gasteiger partial charge in [0.25, 0.3) is 0 Å². The molecule has 1 aromatic carbocycles. The highest BCUT2D eigenvalue weighted by Crippen LogP contribution is 2.48. The highest BCUT2D eigenvalue weighted by molar-refractivity contribution is 5.76. The summed E-state index contributed by atoms with van der Waals surface area (Å²) in [6, 6.07) is 4.51. The quantitative estimate of drug-likeness (QED) is 0.611. The molecule has 0 aromatic heterocycles. The van der Waals surface area contributed by atoms with E-state index in [2.05, 4.69) is 62.4 Å². The number of rotatable bonds is 0. The predicted octanol–water partition coefficient (Wildman–Crippen LogP) is 4.63. The second kappa shape index (κ2) is 3.35. The van der Waals surface area contributed by atoms with Crippen LogP contribution in [-0.2, 0) is 0 Å². The lowest BCUT2D eigenvalue weighted by atomic mass is 9.67. The molecule has 2 unspecified atom stereocenters. The molecule has 0 saturated carbocycles. The van der Waals surface area contributed by atoms with Crippen LogP contribution in [0.1, 0.15) is 35.1 Å². The molecule has 3 aliphatic rings. The lowest BCUT2D eigenvalue weighted by Gasteiger charge is -2.36. The number of hydrogen-bond acceptors (Lipinski definition) is 0. The van der Waals surface area contributed by atoms with Gasteiger partial charge in [-0.25, -0.2) is 0 Å². The van der Waals surface area contributed by atoms with Crippen molar-refractivity contribution in [3.05, 3.63) is 69.8 Å². The second-order valence-electron chi connectivity index (χ2n) is 5.54. The molecule has 88 valence electrons. The van der Waals surface area contributed by atoms with E-state index < -0.39 is 0 Å². The number of hydrogen-bond donors (Lipinski definition) is 0. The van der Waals surface area contributed by atoms with Crippen molar-refractivity contribution in [2.45, 2.75) is 19.8 Å². The fourth-order valence-electron chi connectivity index (χ4n) is 3.54. The Kier molecular flexibility index (Phi) is 1.89. The summed E-state index contributed by atoms with van der Waals surface area (Å²) in [4.78, 5) is 0. The Morgan fingerprint density at radius 3 is 2.61 bits per heavy atom. The summed E-state index contributed by atoms with van der Waals surface area (Å²) in [6.07, 6.45) is 13.9. The Balaban J connectivity index is 2.09. The molecule has 0 nitrogen and oxygen atoms in total. The molecule has 1 aromatic rings. The van der Waals surface area contributed by atoms with Crippen LogP contribution in [0.25, 0.3) is 12.2 Å². The van der Waals surface area contributed by atoms with E-state index in [4.69, 9.17) is 0 Å². The van der Waals surface area contributed by atoms with Gasteiger partial charge in [0.2, 0.25) is 0 Å². The van der Waals surface area contributed by atoms with E-state index in [1.54, 1.807) is 5.56 Å². The van der Waals surface area contributed by atoms with Gasteiger partial charge in [0.05, 0.1) is 0 Å². The maximum absolute atomic E-state index is 2.37. The van der Waals surface area contributed by atoms with Gasteiger partial charge in [0.1, 0.15) is 0 Å². The first-order valence-corrected chi connectivity index (χ1v) is 6.64. The minimum Gasteiger partial charge on any atom is -0.0764 e. The third-order valence-corrected chi connectivity index (χ3v) is 4.52. The monoisotopic (exact) mass is 232 g/mol. The van der Waals surface area contributed by atoms with Crippen molar-refractivity contribution in [3.8, 4) is 0 Å². The Hall–Kier alpha value is -1.82. The van der Waals surface area contributed by atoms with E-state index >= 15 is 0 Å². The van der Waals surface area contributed by atoms with Crippen molar-refractivity contribution < 1.29 is 0 Å². The molecule has 2 atom stereocenters. The maximum Gasteiger partial charge on any atom is 0.0202 e. The SMILES string of the molecule is CC1=C2C=Cc3ccc(C)c4c3C2C(C=C1)C=C4. The van der Waals surface area contributed by atoms with E-state index in [0.29, 0.717) is 11.8 Å². The minimum absolute atomic E-state index is 0.543. The Morgan fingerprint density at radius 1 is 0.889 bits per heavy atom. The molecule has 4 rings (SSSR count). The first-order valence-electron chi connectivity index (χ1n) is 6.64. The zero-order valence-corrected chi connectivity index (χ0v) is 10.8. The van der Waals surface area contributed by atoms with Gasteiger partial charge in [-0.3, -0.25) is 0 Å². The van der Waals surface area contributed by atoms with Crippen molar-refractivity contribution in [2.24, 2.45) is 5.92 Å². The van der Waals surface area contributed by atoms with Gasteiger partial charge in [-0.2, -0.15) is 0 Å². The molecule has 0 saturated heterocycles. The normalized spacial score (nSPS) is 26.6. The van der Waals surface area contributed by atoms with Gasteiger partial charge in [0.15, 0.2) is 0 Å². The highest BCUT2D eigenvalue weighted by atomic mass is 14.4. The summed E-state index contributed by atoms with van der Waals surface area (Å²) >= 11 is 0. The lowest BCUT2D eigenvalue weighted by molar-refractivity contribution is 0.657. The molecular weight excluding hydrogens is 216 g/mol. The third-order valence-electron chi connectivity index (χ3n) is 4.52. The summed E-state index contributed by atoms with van der Waals surface area (Å²) in [6.45, 7) is 4.44. The van der Waals surface area contributed by atoms with Crippen LogP contribution in [0.3, 0.4) is 0 Å². The Labute approximate surface area is 108 Å². The van der Waals surface area contributed by atoms with Crippen LogP contribution in [0, 0.1) is 12.8 Å². The molecule has 0 radical (unpaired) electrons. The van der Waals surface area contributed by atoms with E-state index in [1.807, 2.05) is 0 Å². The molecule has 0 fully saturated rings. The zero-order chi connectivity index (χ0) is 12.3. The van der Waals surface area contributed by atoms with Crippen LogP contribution in [0.4, 0.5) is 0 Å². The van der Waals surface area contributed by atoms with Crippen LogP contribution >= 0.6 is 0 Å². The van der Waals surface area contributed by atoms with Gasteiger partial charge in [-0.15, -0.1) is 0 Å². The van der Waals surface area contributed by atoms with Crippen LogP contribution < -0.4 is 0 Å². The largest absolute Gasteiger partial charge is 0.0764 e. The maximum atomic E-state index is 2.37. The Morgan fingerprint density at radius 2 is 1.72 bits per heavy atom. The molecule has 0 spiro atoms. The summed E-state index contributed by atoms with van der Waals surface area (Å²) in [5.74, 6) is 1.09. The molecule has 18 heavy (non-hydrogen) atoms. The molecule has 0 bridgehead atoms. The molecule has 0 heterocycles. The topological polar surface area (TPSA) is 0 Å².